The molecule has 5 aromatic heterocycles. The van der Waals surface area contributed by atoms with E-state index in [2.05, 4.69) is 30.3 Å². The average molecular weight is 957 g/mol. The molecular weight excluding hydrogens is 919 g/mol. The maximum Gasteiger partial charge on any atom is 0.416 e. The van der Waals surface area contributed by atoms with Crippen LogP contribution < -0.4 is 0 Å². The zero-order valence-electron chi connectivity index (χ0n) is 39.0. The Hall–Kier alpha value is -8.82. The van der Waals surface area contributed by atoms with Gasteiger partial charge < -0.3 is 9.13 Å². The Kier molecular flexibility index (Phi) is 9.06. The van der Waals surface area contributed by atoms with Gasteiger partial charge in [-0.1, -0.05) is 82.9 Å². The van der Waals surface area contributed by atoms with E-state index in [-0.39, 0.29) is 17.2 Å². The summed E-state index contributed by atoms with van der Waals surface area (Å²) < 4.78 is 95.4. The normalized spacial score (nSPS) is 12.6. The van der Waals surface area contributed by atoms with Gasteiger partial charge in [-0.25, -0.2) is 4.98 Å². The molecule has 0 fully saturated rings. The highest BCUT2D eigenvalue weighted by molar-refractivity contribution is 6.15. The van der Waals surface area contributed by atoms with Crippen molar-refractivity contribution in [3.63, 3.8) is 0 Å². The van der Waals surface area contributed by atoms with Gasteiger partial charge in [-0.15, -0.1) is 0 Å². The van der Waals surface area contributed by atoms with Gasteiger partial charge in [0.15, 0.2) is 11.6 Å². The molecule has 0 saturated heterocycles. The predicted octanol–water partition coefficient (Wildman–Crippen LogP) is 16.6. The maximum absolute atomic E-state index is 14.6. The lowest BCUT2D eigenvalue weighted by Gasteiger charge is -2.24. The van der Waals surface area contributed by atoms with Crippen LogP contribution in [-0.4, -0.2) is 23.3 Å². The zero-order valence-corrected chi connectivity index (χ0v) is 39.0. The van der Waals surface area contributed by atoms with E-state index in [1.54, 1.807) is 24.3 Å². The zero-order chi connectivity index (χ0) is 49.7. The second-order valence-corrected chi connectivity index (χ2v) is 18.9. The van der Waals surface area contributed by atoms with Crippen molar-refractivity contribution in [1.82, 2.24) is 23.3 Å². The summed E-state index contributed by atoms with van der Waals surface area (Å²) in [6.45, 7) is 8.06. The number of aryl methyl sites for hydroxylation is 4. The Morgan fingerprint density at radius 3 is 0.986 bits per heavy atom. The molecule has 6 nitrogen and oxygen atoms in total. The molecule has 5 heterocycles. The molecule has 0 N–H and O–H groups in total. The summed E-state index contributed by atoms with van der Waals surface area (Å²) in [5.41, 5.74) is 8.10. The van der Waals surface area contributed by atoms with E-state index in [0.29, 0.717) is 55.0 Å². The molecular formula is C60H38F6N6. The SMILES string of the molecule is Cc1ccc2c(c1)c1cc(C)ccc1n2-c1c(-n2c3ccccc3c3cc(C(F)(F)F)ccc32)nc(-n2c3ccccc3c3cc(C(F)(F)F)ccc32)c(-n2c3ccc(C)cc3c3cc(C)ccc32)c1C#N. The van der Waals surface area contributed by atoms with Crippen LogP contribution in [0.4, 0.5) is 26.3 Å². The molecule has 0 aliphatic rings. The van der Waals surface area contributed by atoms with Crippen LogP contribution in [-0.2, 0) is 12.4 Å². The fraction of sp³-hybridized carbons (Fsp3) is 0.100. The summed E-state index contributed by atoms with van der Waals surface area (Å²) in [7, 11) is 0. The molecule has 0 radical (unpaired) electrons. The number of halogens is 6. The van der Waals surface area contributed by atoms with E-state index in [1.807, 2.05) is 119 Å². The number of nitrogens with zero attached hydrogens (tertiary/aromatic N) is 6. The summed E-state index contributed by atoms with van der Waals surface area (Å²) in [5.74, 6) is 0.419. The van der Waals surface area contributed by atoms with Crippen molar-refractivity contribution in [2.45, 2.75) is 40.0 Å². The lowest BCUT2D eigenvalue weighted by Crippen LogP contribution is -2.16. The molecule has 0 aliphatic heterocycles. The molecule has 0 amide bonds. The van der Waals surface area contributed by atoms with Crippen LogP contribution in [0.1, 0.15) is 38.9 Å². The summed E-state index contributed by atoms with van der Waals surface area (Å²) in [5, 5.41) is 17.7. The van der Waals surface area contributed by atoms with Gasteiger partial charge in [0.2, 0.25) is 0 Å². The van der Waals surface area contributed by atoms with Gasteiger partial charge in [0.05, 0.1) is 55.3 Å². The number of benzene rings is 8. The smallest absolute Gasteiger partial charge is 0.305 e. The molecule has 0 saturated carbocycles. The van der Waals surface area contributed by atoms with Crippen LogP contribution >= 0.6 is 0 Å². The number of pyridine rings is 1. The van der Waals surface area contributed by atoms with E-state index in [4.69, 9.17) is 4.98 Å². The molecule has 350 valence electrons. The Morgan fingerprint density at radius 2 is 0.653 bits per heavy atom. The van der Waals surface area contributed by atoms with Gasteiger partial charge in [0, 0.05) is 43.1 Å². The third-order valence-corrected chi connectivity index (χ3v) is 14.2. The lowest BCUT2D eigenvalue weighted by atomic mass is 10.1. The maximum atomic E-state index is 14.6. The Bertz CT molecular complexity index is 4150. The predicted molar refractivity (Wildman–Crippen MR) is 275 cm³/mol. The first-order valence-electron chi connectivity index (χ1n) is 23.3. The largest absolute Gasteiger partial charge is 0.416 e. The van der Waals surface area contributed by atoms with Gasteiger partial charge >= 0.3 is 12.4 Å². The topological polar surface area (TPSA) is 56.4 Å². The molecule has 0 unspecified atom stereocenters. The van der Waals surface area contributed by atoms with Crippen LogP contribution in [0.15, 0.2) is 158 Å². The first kappa shape index (κ1) is 43.2. The monoisotopic (exact) mass is 956 g/mol. The van der Waals surface area contributed by atoms with E-state index < -0.39 is 23.5 Å². The van der Waals surface area contributed by atoms with E-state index in [0.717, 1.165) is 90.1 Å². The van der Waals surface area contributed by atoms with Crippen LogP contribution in [0, 0.1) is 39.0 Å². The van der Waals surface area contributed by atoms with Crippen LogP contribution in [0.25, 0.3) is 110 Å². The van der Waals surface area contributed by atoms with Crippen molar-refractivity contribution in [1.29, 1.82) is 5.26 Å². The Balaban J connectivity index is 1.33. The molecule has 0 aliphatic carbocycles. The summed E-state index contributed by atoms with van der Waals surface area (Å²) >= 11 is 0. The second kappa shape index (κ2) is 15.1. The molecule has 12 heteroatoms. The Labute approximate surface area is 406 Å². The van der Waals surface area contributed by atoms with Gasteiger partial charge in [0.25, 0.3) is 0 Å². The fourth-order valence-corrected chi connectivity index (χ4v) is 11.1. The van der Waals surface area contributed by atoms with Crippen molar-refractivity contribution in [2.24, 2.45) is 0 Å². The van der Waals surface area contributed by atoms with Crippen LogP contribution in [0.2, 0.25) is 0 Å². The first-order chi connectivity index (χ1) is 34.6. The minimum absolute atomic E-state index is 0.158. The molecule has 0 spiro atoms. The summed E-state index contributed by atoms with van der Waals surface area (Å²) in [6, 6.07) is 48.8. The van der Waals surface area contributed by atoms with E-state index in [9.17, 15) is 31.6 Å². The van der Waals surface area contributed by atoms with Gasteiger partial charge in [-0.2, -0.15) is 31.6 Å². The van der Waals surface area contributed by atoms with Crippen molar-refractivity contribution in [3.05, 3.63) is 197 Å². The highest BCUT2D eigenvalue weighted by Gasteiger charge is 2.35. The quantitative estimate of drug-likeness (QED) is 0.165. The summed E-state index contributed by atoms with van der Waals surface area (Å²) in [4.78, 5) is 5.81. The number of nitriles is 1. The number of hydrogen-bond donors (Lipinski definition) is 0. The number of alkyl halides is 6. The molecule has 8 aromatic carbocycles. The molecule has 13 rings (SSSR count). The van der Waals surface area contributed by atoms with Crippen molar-refractivity contribution >= 4 is 87.2 Å². The van der Waals surface area contributed by atoms with E-state index >= 15 is 0 Å². The molecule has 0 bridgehead atoms. The molecule has 0 atom stereocenters. The third-order valence-electron chi connectivity index (χ3n) is 14.2. The van der Waals surface area contributed by atoms with Crippen LogP contribution in [0.5, 0.6) is 0 Å². The number of hydrogen-bond acceptors (Lipinski definition) is 2. The molecule has 13 aromatic rings. The molecule has 72 heavy (non-hydrogen) atoms. The van der Waals surface area contributed by atoms with Crippen molar-refractivity contribution in [2.75, 3.05) is 0 Å². The standard InChI is InChI=1S/C60H38F6N6/c1-32-13-19-49-40(25-32)41-26-33(2)14-20-50(41)69(49)55-46(31-67)56(70-51-21-15-34(3)27-42(51)43-28-35(4)16-22-52(43)70)58(72-48-12-8-6-10-39(48)45-30-37(60(64,65)66)18-24-54(45)72)68-57(55)71-47-11-7-5-9-38(47)44-29-36(59(61,62)63)17-23-53(44)71/h5-30H,1-4H3. The highest BCUT2D eigenvalue weighted by atomic mass is 19.4. The fourth-order valence-electron chi connectivity index (χ4n) is 11.1. The Morgan fingerprint density at radius 1 is 0.361 bits per heavy atom. The van der Waals surface area contributed by atoms with Crippen molar-refractivity contribution in [3.8, 4) is 29.1 Å². The van der Waals surface area contributed by atoms with Gasteiger partial charge in [-0.05, 0) is 125 Å². The first-order valence-corrected chi connectivity index (χ1v) is 23.3. The number of aromatic nitrogens is 5. The third kappa shape index (κ3) is 6.19. The number of para-hydroxylation sites is 2. The minimum atomic E-state index is -4.65. The summed E-state index contributed by atoms with van der Waals surface area (Å²) in [6.07, 6.45) is -9.30. The van der Waals surface area contributed by atoms with Gasteiger partial charge in [-0.3, -0.25) is 9.13 Å². The number of rotatable bonds is 4. The highest BCUT2D eigenvalue weighted by Crippen LogP contribution is 2.47. The average Bonchev–Trinajstić information content (AvgIpc) is 4.06. The van der Waals surface area contributed by atoms with Crippen molar-refractivity contribution < 1.29 is 26.3 Å². The second-order valence-electron chi connectivity index (χ2n) is 18.9. The van der Waals surface area contributed by atoms with E-state index in [1.165, 1.54) is 12.1 Å². The minimum Gasteiger partial charge on any atom is -0.305 e. The van der Waals surface area contributed by atoms with Crippen LogP contribution in [0.3, 0.4) is 0 Å². The lowest BCUT2D eigenvalue weighted by molar-refractivity contribution is -0.138. The number of fused-ring (bicyclic) bond motifs is 12. The van der Waals surface area contributed by atoms with Gasteiger partial charge in [0.1, 0.15) is 23.0 Å².